The molecule has 0 saturated carbocycles. The van der Waals surface area contributed by atoms with Crippen LogP contribution in [0.3, 0.4) is 0 Å². The van der Waals surface area contributed by atoms with Crippen molar-refractivity contribution in [2.45, 2.75) is 72.6 Å². The molecule has 5 aromatic rings. The zero-order valence-electron chi connectivity index (χ0n) is 25.1. The number of aromatic nitrogens is 4. The van der Waals surface area contributed by atoms with E-state index < -0.39 is 5.60 Å². The van der Waals surface area contributed by atoms with Crippen LogP contribution in [-0.2, 0) is 24.2 Å². The Morgan fingerprint density at radius 3 is 2.50 bits per heavy atom. The van der Waals surface area contributed by atoms with Crippen LogP contribution in [0, 0.1) is 6.92 Å². The van der Waals surface area contributed by atoms with Crippen LogP contribution >= 0.6 is 0 Å². The fourth-order valence-electron chi connectivity index (χ4n) is 5.68. The number of rotatable bonds is 7. The van der Waals surface area contributed by atoms with Gasteiger partial charge in [0.05, 0.1) is 35.4 Å². The molecule has 7 heteroatoms. The van der Waals surface area contributed by atoms with Crippen molar-refractivity contribution in [1.82, 2.24) is 19.1 Å². The Kier molecular flexibility index (Phi) is 7.35. The minimum atomic E-state index is -0.560. The molecule has 0 unspecified atom stereocenters. The van der Waals surface area contributed by atoms with Crippen molar-refractivity contribution >= 4 is 17.0 Å². The third kappa shape index (κ3) is 5.56. The number of fused-ring (bicyclic) bond motifs is 2. The first-order valence-electron chi connectivity index (χ1n) is 14.8. The lowest BCUT2D eigenvalue weighted by Crippen LogP contribution is -2.24. The van der Waals surface area contributed by atoms with Gasteiger partial charge in [-0.05, 0) is 87.9 Å². The molecular weight excluding hydrogens is 524 g/mol. The van der Waals surface area contributed by atoms with E-state index in [9.17, 15) is 4.79 Å². The normalized spacial score (nSPS) is 13.3. The molecule has 42 heavy (non-hydrogen) atoms. The van der Waals surface area contributed by atoms with E-state index in [4.69, 9.17) is 19.4 Å². The fraction of sp³-hybridized carbons (Fsp3) is 0.343. The summed E-state index contributed by atoms with van der Waals surface area (Å²) in [4.78, 5) is 22.8. The molecule has 3 heterocycles. The highest BCUT2D eigenvalue weighted by Gasteiger charge is 2.21. The number of carbonyl (C=O) groups is 1. The number of hydrogen-bond donors (Lipinski definition) is 0. The molecule has 0 saturated heterocycles. The molecule has 0 fully saturated rings. The Morgan fingerprint density at radius 1 is 0.976 bits per heavy atom. The molecule has 0 aliphatic carbocycles. The Balaban J connectivity index is 1.34. The van der Waals surface area contributed by atoms with Gasteiger partial charge in [0.2, 0.25) is 0 Å². The summed E-state index contributed by atoms with van der Waals surface area (Å²) in [5, 5.41) is 0. The maximum atomic E-state index is 12.9. The maximum Gasteiger partial charge on any atom is 0.339 e. The summed E-state index contributed by atoms with van der Waals surface area (Å²) in [7, 11) is 0. The van der Waals surface area contributed by atoms with Gasteiger partial charge < -0.3 is 14.0 Å². The van der Waals surface area contributed by atoms with E-state index in [2.05, 4.69) is 58.7 Å². The molecule has 2 aromatic heterocycles. The topological polar surface area (TPSA) is 71.2 Å². The molecule has 0 atom stereocenters. The quantitative estimate of drug-likeness (QED) is 0.191. The van der Waals surface area contributed by atoms with Crippen LogP contribution in [0.15, 0.2) is 66.9 Å². The number of ether oxygens (including phenoxy) is 2. The molecule has 1 aliphatic rings. The van der Waals surface area contributed by atoms with Gasteiger partial charge in [0.1, 0.15) is 11.4 Å². The number of imidazole rings is 2. The Labute approximate surface area is 247 Å². The Morgan fingerprint density at radius 2 is 1.76 bits per heavy atom. The summed E-state index contributed by atoms with van der Waals surface area (Å²) in [5.41, 5.74) is 8.09. The first-order valence-corrected chi connectivity index (χ1v) is 14.8. The smallest absolute Gasteiger partial charge is 0.339 e. The third-order valence-corrected chi connectivity index (χ3v) is 7.64. The first-order chi connectivity index (χ1) is 20.2. The van der Waals surface area contributed by atoms with Crippen LogP contribution < -0.4 is 4.74 Å². The van der Waals surface area contributed by atoms with Crippen LogP contribution in [0.5, 0.6) is 6.01 Å². The monoisotopic (exact) mass is 562 g/mol. The molecule has 0 bridgehead atoms. The van der Waals surface area contributed by atoms with Crippen molar-refractivity contribution in [2.75, 3.05) is 6.61 Å². The lowest BCUT2D eigenvalue weighted by atomic mass is 9.98. The summed E-state index contributed by atoms with van der Waals surface area (Å²) in [6.07, 6.45) is 5.63. The van der Waals surface area contributed by atoms with E-state index in [0.29, 0.717) is 24.7 Å². The van der Waals surface area contributed by atoms with Crippen molar-refractivity contribution < 1.29 is 14.3 Å². The van der Waals surface area contributed by atoms with Crippen molar-refractivity contribution in [3.05, 3.63) is 89.4 Å². The van der Waals surface area contributed by atoms with E-state index in [-0.39, 0.29) is 5.97 Å². The van der Waals surface area contributed by atoms with Crippen LogP contribution in [0.25, 0.3) is 33.4 Å². The average Bonchev–Trinajstić information content (AvgIpc) is 3.55. The summed E-state index contributed by atoms with van der Waals surface area (Å²) in [6.45, 7) is 11.9. The van der Waals surface area contributed by atoms with E-state index in [0.717, 1.165) is 57.5 Å². The summed E-state index contributed by atoms with van der Waals surface area (Å²) in [5.74, 6) is 0.851. The van der Waals surface area contributed by atoms with Crippen LogP contribution in [0.1, 0.15) is 67.8 Å². The van der Waals surface area contributed by atoms with Gasteiger partial charge in [-0.1, -0.05) is 42.5 Å². The number of aryl methyl sites for hydroxylation is 3. The largest absolute Gasteiger partial charge is 0.465 e. The molecule has 6 rings (SSSR count). The average molecular weight is 563 g/mol. The van der Waals surface area contributed by atoms with E-state index in [1.54, 1.807) is 0 Å². The molecule has 7 nitrogen and oxygen atoms in total. The highest BCUT2D eigenvalue weighted by molar-refractivity contribution is 5.97. The molecule has 0 radical (unpaired) electrons. The van der Waals surface area contributed by atoms with Crippen molar-refractivity contribution in [1.29, 1.82) is 0 Å². The van der Waals surface area contributed by atoms with Gasteiger partial charge in [0.25, 0.3) is 6.01 Å². The van der Waals surface area contributed by atoms with Crippen molar-refractivity contribution in [3.8, 4) is 28.4 Å². The number of esters is 1. The lowest BCUT2D eigenvalue weighted by Gasteiger charge is -2.20. The predicted molar refractivity (Wildman–Crippen MR) is 166 cm³/mol. The van der Waals surface area contributed by atoms with Crippen LogP contribution in [0.4, 0.5) is 0 Å². The number of hydrogen-bond acceptors (Lipinski definition) is 5. The molecule has 0 spiro atoms. The van der Waals surface area contributed by atoms with Gasteiger partial charge >= 0.3 is 5.97 Å². The maximum absolute atomic E-state index is 12.9. The zero-order valence-corrected chi connectivity index (χ0v) is 25.1. The van der Waals surface area contributed by atoms with Crippen molar-refractivity contribution in [2.24, 2.45) is 0 Å². The van der Waals surface area contributed by atoms with E-state index in [1.807, 2.05) is 52.0 Å². The number of nitrogens with zero attached hydrogens (tertiary/aromatic N) is 4. The van der Waals surface area contributed by atoms with Crippen molar-refractivity contribution in [3.63, 3.8) is 0 Å². The molecule has 3 aromatic carbocycles. The highest BCUT2D eigenvalue weighted by Crippen LogP contribution is 2.32. The Bertz CT molecular complexity index is 1730. The molecule has 0 amide bonds. The van der Waals surface area contributed by atoms with E-state index in [1.165, 1.54) is 18.7 Å². The summed E-state index contributed by atoms with van der Waals surface area (Å²) < 4.78 is 16.1. The van der Waals surface area contributed by atoms with Gasteiger partial charge in [0, 0.05) is 24.7 Å². The number of benzene rings is 3. The van der Waals surface area contributed by atoms with E-state index >= 15 is 0 Å². The second-order valence-corrected chi connectivity index (χ2v) is 12.0. The minimum Gasteiger partial charge on any atom is -0.465 e. The summed E-state index contributed by atoms with van der Waals surface area (Å²) in [6, 6.07) is 20.9. The standard InChI is InChI=1S/C35H38N4O3/c1-6-41-34-37-32-23(2)19-26(29-22-38-18-10-9-13-31(38)36-29)20-30(32)39(34)21-24-14-16-25(17-15-24)27-11-7-8-12-28(27)33(40)42-35(3,4)5/h7-8,11-12,14-17,19-20,22H,6,9-10,13,18,21H2,1-5H3. The molecule has 1 aliphatic heterocycles. The lowest BCUT2D eigenvalue weighted by molar-refractivity contribution is 0.00704. The third-order valence-electron chi connectivity index (χ3n) is 7.64. The van der Waals surface area contributed by atoms with Gasteiger partial charge in [0.15, 0.2) is 0 Å². The highest BCUT2D eigenvalue weighted by atomic mass is 16.6. The second-order valence-electron chi connectivity index (χ2n) is 12.0. The van der Waals surface area contributed by atoms with Gasteiger partial charge in [-0.2, -0.15) is 4.98 Å². The van der Waals surface area contributed by atoms with Crippen LogP contribution in [-0.4, -0.2) is 37.3 Å². The SMILES string of the molecule is CCOc1nc2c(C)cc(-c3cn4c(n3)CCCC4)cc2n1Cc1ccc(-c2ccccc2C(=O)OC(C)(C)C)cc1. The molecule has 0 N–H and O–H groups in total. The zero-order chi connectivity index (χ0) is 29.4. The second kappa shape index (κ2) is 11.1. The predicted octanol–water partition coefficient (Wildman–Crippen LogP) is 7.61. The minimum absolute atomic E-state index is 0.321. The number of carbonyl (C=O) groups excluding carboxylic acids is 1. The molecule has 216 valence electrons. The van der Waals surface area contributed by atoms with Crippen LogP contribution in [0.2, 0.25) is 0 Å². The molecular formula is C35H38N4O3. The summed E-state index contributed by atoms with van der Waals surface area (Å²) >= 11 is 0. The van der Waals surface area contributed by atoms with Gasteiger partial charge in [-0.15, -0.1) is 0 Å². The first kappa shape index (κ1) is 27.8. The Hall–Kier alpha value is -4.39. The van der Waals surface area contributed by atoms with Gasteiger partial charge in [-0.3, -0.25) is 4.57 Å². The fourth-order valence-corrected chi connectivity index (χ4v) is 5.68. The van der Waals surface area contributed by atoms with Gasteiger partial charge in [-0.25, -0.2) is 9.78 Å².